The number of methoxy groups -OCH3 is 2. The smallest absolute Gasteiger partial charge is 0.350 e. The minimum Gasteiger partial charge on any atom is -0.493 e. The molecule has 0 aliphatic rings. The topological polar surface area (TPSA) is 109 Å². The third kappa shape index (κ3) is 4.66. The second kappa shape index (κ2) is 10.1. The molecule has 4 rings (SSSR count). The third-order valence-corrected chi connectivity index (χ3v) is 6.88. The maximum absolute atomic E-state index is 12.8. The average molecular weight is 500 g/mol. The molecule has 0 spiro atoms. The van der Waals surface area contributed by atoms with Crippen LogP contribution in [0.15, 0.2) is 46.8 Å². The van der Waals surface area contributed by atoms with Crippen LogP contribution >= 0.6 is 22.7 Å². The van der Waals surface area contributed by atoms with Crippen LogP contribution in [-0.2, 0) is 16.1 Å². The van der Waals surface area contributed by atoms with Crippen LogP contribution in [0.3, 0.4) is 0 Å². The summed E-state index contributed by atoms with van der Waals surface area (Å²) in [6.45, 7) is 1.65. The van der Waals surface area contributed by atoms with Crippen molar-refractivity contribution in [2.45, 2.75) is 13.5 Å². The number of carbonyl (C=O) groups is 2. The number of aromatic nitrogens is 2. The number of benzene rings is 1. The van der Waals surface area contributed by atoms with Crippen molar-refractivity contribution >= 4 is 50.5 Å². The summed E-state index contributed by atoms with van der Waals surface area (Å²) in [5.74, 6) is 0.0877. The van der Waals surface area contributed by atoms with Gasteiger partial charge in [-0.15, -0.1) is 22.7 Å². The molecule has 0 saturated heterocycles. The van der Waals surface area contributed by atoms with Gasteiger partial charge >= 0.3 is 5.97 Å². The molecule has 3 heterocycles. The molecule has 1 N–H and O–H groups in total. The molecule has 0 aliphatic carbocycles. The van der Waals surface area contributed by atoms with Gasteiger partial charge in [-0.05, 0) is 48.2 Å². The van der Waals surface area contributed by atoms with Gasteiger partial charge in [0.1, 0.15) is 16.3 Å². The van der Waals surface area contributed by atoms with E-state index in [1.165, 1.54) is 40.7 Å². The van der Waals surface area contributed by atoms with Gasteiger partial charge in [-0.3, -0.25) is 14.2 Å². The highest BCUT2D eigenvalue weighted by Crippen LogP contribution is 2.39. The first kappa shape index (κ1) is 23.5. The largest absolute Gasteiger partial charge is 0.493 e. The highest BCUT2D eigenvalue weighted by Gasteiger charge is 2.21. The molecule has 0 unspecified atom stereocenters. The standard InChI is InChI=1S/C23H21N3O6S2/c1-4-32-23(29)20-15(10-18(34-20)13-5-6-16(30-2)17(9-13)31-3)25-19(27)11-26-12-24-21-14(22(26)28)7-8-33-21/h5-10,12H,4,11H2,1-3H3,(H,25,27). The van der Waals surface area contributed by atoms with Gasteiger partial charge in [-0.25, -0.2) is 9.78 Å². The van der Waals surface area contributed by atoms with Gasteiger partial charge in [0, 0.05) is 4.88 Å². The number of amides is 1. The summed E-state index contributed by atoms with van der Waals surface area (Å²) in [5.41, 5.74) is 0.774. The van der Waals surface area contributed by atoms with Gasteiger partial charge in [0.25, 0.3) is 5.56 Å². The van der Waals surface area contributed by atoms with E-state index in [-0.39, 0.29) is 23.6 Å². The summed E-state index contributed by atoms with van der Waals surface area (Å²) in [6.07, 6.45) is 1.34. The summed E-state index contributed by atoms with van der Waals surface area (Å²) in [7, 11) is 3.09. The lowest BCUT2D eigenvalue weighted by molar-refractivity contribution is -0.116. The minimum atomic E-state index is -0.548. The quantitative estimate of drug-likeness (QED) is 0.365. The van der Waals surface area contributed by atoms with Crippen LogP contribution in [0.2, 0.25) is 0 Å². The number of ether oxygens (including phenoxy) is 3. The van der Waals surface area contributed by atoms with Gasteiger partial charge in [-0.2, -0.15) is 0 Å². The van der Waals surface area contributed by atoms with Gasteiger partial charge in [0.15, 0.2) is 11.5 Å². The zero-order valence-electron chi connectivity index (χ0n) is 18.6. The van der Waals surface area contributed by atoms with E-state index >= 15 is 0 Å². The van der Waals surface area contributed by atoms with Gasteiger partial charge in [0.2, 0.25) is 5.91 Å². The molecule has 1 amide bonds. The highest BCUT2D eigenvalue weighted by molar-refractivity contribution is 7.18. The molecule has 0 saturated carbocycles. The second-order valence-electron chi connectivity index (χ2n) is 7.01. The van der Waals surface area contributed by atoms with E-state index in [9.17, 15) is 14.4 Å². The molecule has 176 valence electrons. The normalized spacial score (nSPS) is 10.8. The van der Waals surface area contributed by atoms with Crippen LogP contribution in [0.1, 0.15) is 16.6 Å². The van der Waals surface area contributed by atoms with Gasteiger partial charge in [0.05, 0.1) is 38.2 Å². The lowest BCUT2D eigenvalue weighted by atomic mass is 10.1. The van der Waals surface area contributed by atoms with Crippen molar-refractivity contribution in [3.63, 3.8) is 0 Å². The van der Waals surface area contributed by atoms with Gasteiger partial charge in [-0.1, -0.05) is 0 Å². The van der Waals surface area contributed by atoms with Crippen LogP contribution in [-0.4, -0.2) is 42.3 Å². The van der Waals surface area contributed by atoms with Crippen molar-refractivity contribution in [1.82, 2.24) is 9.55 Å². The number of fused-ring (bicyclic) bond motifs is 1. The Kier molecular flexibility index (Phi) is 6.94. The van der Waals surface area contributed by atoms with Crippen molar-refractivity contribution in [3.05, 3.63) is 57.3 Å². The van der Waals surface area contributed by atoms with Crippen LogP contribution in [0.4, 0.5) is 5.69 Å². The van der Waals surface area contributed by atoms with E-state index in [0.29, 0.717) is 27.4 Å². The third-order valence-electron chi connectivity index (χ3n) is 4.90. The summed E-state index contributed by atoms with van der Waals surface area (Å²) >= 11 is 2.54. The van der Waals surface area contributed by atoms with Crippen LogP contribution in [0.5, 0.6) is 11.5 Å². The van der Waals surface area contributed by atoms with E-state index in [1.54, 1.807) is 43.7 Å². The Balaban J connectivity index is 1.64. The van der Waals surface area contributed by atoms with Crippen molar-refractivity contribution < 1.29 is 23.8 Å². The fourth-order valence-corrected chi connectivity index (χ4v) is 5.04. The minimum absolute atomic E-state index is 0.192. The average Bonchev–Trinajstić information content (AvgIpc) is 3.48. The Morgan fingerprint density at radius 1 is 1.12 bits per heavy atom. The number of nitrogens with one attached hydrogen (secondary N) is 1. The number of nitrogens with zero attached hydrogens (tertiary/aromatic N) is 2. The number of thiophene rings is 2. The summed E-state index contributed by atoms with van der Waals surface area (Å²) in [6, 6.07) is 8.74. The van der Waals surface area contributed by atoms with Crippen LogP contribution < -0.4 is 20.3 Å². The molecule has 4 aromatic rings. The second-order valence-corrected chi connectivity index (χ2v) is 8.96. The first-order chi connectivity index (χ1) is 16.4. The molecule has 9 nitrogen and oxygen atoms in total. The molecule has 34 heavy (non-hydrogen) atoms. The first-order valence-electron chi connectivity index (χ1n) is 10.2. The predicted octanol–water partition coefficient (Wildman–Crippen LogP) is 4.02. The molecule has 3 aromatic heterocycles. The summed E-state index contributed by atoms with van der Waals surface area (Å²) in [5, 5.41) is 4.97. The summed E-state index contributed by atoms with van der Waals surface area (Å²) < 4.78 is 17.1. The van der Waals surface area contributed by atoms with Crippen LogP contribution in [0, 0.1) is 0 Å². The Morgan fingerprint density at radius 2 is 1.91 bits per heavy atom. The van der Waals surface area contributed by atoms with Crippen molar-refractivity contribution in [2.24, 2.45) is 0 Å². The Bertz CT molecular complexity index is 1420. The molecule has 1 aromatic carbocycles. The molecule has 0 fully saturated rings. The van der Waals surface area contributed by atoms with Crippen molar-refractivity contribution in [3.8, 4) is 21.9 Å². The molecular formula is C23H21N3O6S2. The van der Waals surface area contributed by atoms with E-state index in [1.807, 2.05) is 6.07 Å². The van der Waals surface area contributed by atoms with E-state index in [4.69, 9.17) is 14.2 Å². The maximum Gasteiger partial charge on any atom is 0.350 e. The monoisotopic (exact) mass is 499 g/mol. The molecule has 0 radical (unpaired) electrons. The number of rotatable bonds is 8. The van der Waals surface area contributed by atoms with Crippen molar-refractivity contribution in [1.29, 1.82) is 0 Å². The zero-order valence-corrected chi connectivity index (χ0v) is 20.2. The van der Waals surface area contributed by atoms with E-state index in [0.717, 1.165) is 10.4 Å². The summed E-state index contributed by atoms with van der Waals surface area (Å²) in [4.78, 5) is 43.8. The first-order valence-corrected chi connectivity index (χ1v) is 11.9. The number of hydrogen-bond donors (Lipinski definition) is 1. The molecular weight excluding hydrogens is 478 g/mol. The molecule has 11 heteroatoms. The Hall–Kier alpha value is -3.70. The number of carbonyl (C=O) groups excluding carboxylic acids is 2. The predicted molar refractivity (Wildman–Crippen MR) is 131 cm³/mol. The fourth-order valence-electron chi connectivity index (χ4n) is 3.31. The number of anilines is 1. The fraction of sp³-hybridized carbons (Fsp3) is 0.217. The lowest BCUT2D eigenvalue weighted by Crippen LogP contribution is -2.27. The number of esters is 1. The van der Waals surface area contributed by atoms with E-state index in [2.05, 4.69) is 10.3 Å². The molecule has 0 atom stereocenters. The highest BCUT2D eigenvalue weighted by atomic mass is 32.1. The lowest BCUT2D eigenvalue weighted by Gasteiger charge is -2.08. The Labute approximate surface area is 202 Å². The number of hydrogen-bond acceptors (Lipinski definition) is 9. The van der Waals surface area contributed by atoms with E-state index < -0.39 is 11.9 Å². The van der Waals surface area contributed by atoms with Gasteiger partial charge < -0.3 is 19.5 Å². The zero-order chi connectivity index (χ0) is 24.2. The molecule has 0 bridgehead atoms. The molecule has 0 aliphatic heterocycles. The maximum atomic E-state index is 12.8. The SMILES string of the molecule is CCOC(=O)c1sc(-c2ccc(OC)c(OC)c2)cc1NC(=O)Cn1cnc2sccc2c1=O. The van der Waals surface area contributed by atoms with Crippen LogP contribution in [0.25, 0.3) is 20.7 Å². The Morgan fingerprint density at radius 3 is 2.65 bits per heavy atom. The van der Waals surface area contributed by atoms with Crippen molar-refractivity contribution in [2.75, 3.05) is 26.1 Å².